The number of nitrogens with zero attached hydrogens (tertiary/aromatic N) is 2. The molecule has 0 aromatic heterocycles. The van der Waals surface area contributed by atoms with Crippen LogP contribution in [0.4, 0.5) is 4.39 Å². The molecule has 1 aromatic carbocycles. The Labute approximate surface area is 197 Å². The van der Waals surface area contributed by atoms with Crippen molar-refractivity contribution in [3.63, 3.8) is 0 Å². The normalized spacial score (nSPS) is 19.8. The predicted octanol–water partition coefficient (Wildman–Crippen LogP) is 3.29. The van der Waals surface area contributed by atoms with Gasteiger partial charge in [-0.05, 0) is 30.5 Å². The molecule has 2 N–H and O–H groups in total. The summed E-state index contributed by atoms with van der Waals surface area (Å²) < 4.78 is 24.5. The van der Waals surface area contributed by atoms with Gasteiger partial charge in [0.05, 0.1) is 19.8 Å². The van der Waals surface area contributed by atoms with Crippen molar-refractivity contribution in [2.75, 3.05) is 47.0 Å². The monoisotopic (exact) mass is 534 g/mol. The van der Waals surface area contributed by atoms with E-state index in [1.807, 2.05) is 6.07 Å². The summed E-state index contributed by atoms with van der Waals surface area (Å²) in [7, 11) is 3.37. The van der Waals surface area contributed by atoms with Gasteiger partial charge in [0.1, 0.15) is 5.82 Å². The molecule has 1 aliphatic carbocycles. The number of ether oxygens (including phenoxy) is 2. The van der Waals surface area contributed by atoms with Gasteiger partial charge in [0, 0.05) is 51.4 Å². The molecule has 0 radical (unpaired) electrons. The third-order valence-electron chi connectivity index (χ3n) is 6.14. The van der Waals surface area contributed by atoms with E-state index < -0.39 is 0 Å². The lowest BCUT2D eigenvalue weighted by molar-refractivity contribution is -0.0352. The number of hydrogen-bond donors (Lipinski definition) is 2. The second-order valence-corrected chi connectivity index (χ2v) is 8.02. The SMILES string of the molecule is CN=C(NCc1ccc(F)c(COC)c1)NCC1(N2CCOCC2)CCCCC1.I. The topological polar surface area (TPSA) is 58.1 Å². The number of benzene rings is 1. The fourth-order valence-corrected chi connectivity index (χ4v) is 4.51. The van der Waals surface area contributed by atoms with E-state index in [0.29, 0.717) is 12.1 Å². The summed E-state index contributed by atoms with van der Waals surface area (Å²) in [6.07, 6.45) is 6.32. The molecule has 3 rings (SSSR count). The molecule has 30 heavy (non-hydrogen) atoms. The lowest BCUT2D eigenvalue weighted by atomic mass is 9.80. The zero-order valence-corrected chi connectivity index (χ0v) is 20.5. The lowest BCUT2D eigenvalue weighted by Gasteiger charge is -2.48. The van der Waals surface area contributed by atoms with Gasteiger partial charge in [-0.1, -0.05) is 25.3 Å². The van der Waals surface area contributed by atoms with Crippen LogP contribution in [0.3, 0.4) is 0 Å². The quantitative estimate of drug-likeness (QED) is 0.320. The first kappa shape index (κ1) is 25.3. The van der Waals surface area contributed by atoms with Gasteiger partial charge in [-0.2, -0.15) is 0 Å². The van der Waals surface area contributed by atoms with Gasteiger partial charge >= 0.3 is 0 Å². The molecule has 0 bridgehead atoms. The fourth-order valence-electron chi connectivity index (χ4n) is 4.51. The third-order valence-corrected chi connectivity index (χ3v) is 6.14. The molecule has 1 aromatic rings. The van der Waals surface area contributed by atoms with Crippen LogP contribution in [-0.2, 0) is 22.6 Å². The molecule has 2 aliphatic rings. The summed E-state index contributed by atoms with van der Waals surface area (Å²) in [5.74, 6) is 0.545. The van der Waals surface area contributed by atoms with Crippen molar-refractivity contribution in [3.8, 4) is 0 Å². The van der Waals surface area contributed by atoms with Crippen molar-refractivity contribution in [3.05, 3.63) is 35.1 Å². The molecule has 2 fully saturated rings. The summed E-state index contributed by atoms with van der Waals surface area (Å²) in [5, 5.41) is 6.92. The second kappa shape index (κ2) is 12.8. The van der Waals surface area contributed by atoms with Crippen molar-refractivity contribution < 1.29 is 13.9 Å². The van der Waals surface area contributed by atoms with E-state index in [2.05, 4.69) is 20.5 Å². The average molecular weight is 534 g/mol. The standard InChI is InChI=1S/C22H35FN4O2.HI/c1-24-21(25-15-18-6-7-20(23)19(14-18)16-28-2)26-17-22(8-4-3-5-9-22)27-10-12-29-13-11-27;/h6-7,14H,3-5,8-13,15-17H2,1-2H3,(H2,24,25,26);1H. The van der Waals surface area contributed by atoms with Crippen LogP contribution >= 0.6 is 24.0 Å². The highest BCUT2D eigenvalue weighted by molar-refractivity contribution is 14.0. The van der Waals surface area contributed by atoms with E-state index in [4.69, 9.17) is 9.47 Å². The molecule has 1 heterocycles. The Bertz CT molecular complexity index is 677. The highest BCUT2D eigenvalue weighted by Crippen LogP contribution is 2.33. The van der Waals surface area contributed by atoms with Crippen LogP contribution in [-0.4, -0.2) is 63.4 Å². The minimum atomic E-state index is -0.233. The van der Waals surface area contributed by atoms with Crippen LogP contribution in [0, 0.1) is 5.82 Å². The van der Waals surface area contributed by atoms with E-state index in [0.717, 1.165) is 44.4 Å². The smallest absolute Gasteiger partial charge is 0.191 e. The van der Waals surface area contributed by atoms with Gasteiger partial charge in [-0.15, -0.1) is 24.0 Å². The van der Waals surface area contributed by atoms with E-state index in [9.17, 15) is 4.39 Å². The first-order valence-electron chi connectivity index (χ1n) is 10.7. The van der Waals surface area contributed by atoms with Gasteiger partial charge < -0.3 is 20.1 Å². The van der Waals surface area contributed by atoms with Gasteiger partial charge in [0.25, 0.3) is 0 Å². The highest BCUT2D eigenvalue weighted by Gasteiger charge is 2.38. The number of methoxy groups -OCH3 is 1. The Kier molecular flexibility index (Phi) is 10.8. The molecule has 0 spiro atoms. The Morgan fingerprint density at radius 2 is 1.93 bits per heavy atom. The zero-order valence-electron chi connectivity index (χ0n) is 18.2. The van der Waals surface area contributed by atoms with Gasteiger partial charge in [-0.3, -0.25) is 9.89 Å². The van der Waals surface area contributed by atoms with Crippen LogP contribution < -0.4 is 10.6 Å². The van der Waals surface area contributed by atoms with Crippen LogP contribution in [0.2, 0.25) is 0 Å². The Balaban J connectivity index is 0.00000320. The fraction of sp³-hybridized carbons (Fsp3) is 0.682. The van der Waals surface area contributed by atoms with Crippen LogP contribution in [0.5, 0.6) is 0 Å². The van der Waals surface area contributed by atoms with E-state index in [-0.39, 0.29) is 41.9 Å². The summed E-state index contributed by atoms with van der Waals surface area (Å²) in [4.78, 5) is 7.01. The summed E-state index contributed by atoms with van der Waals surface area (Å²) in [6.45, 7) is 5.39. The summed E-state index contributed by atoms with van der Waals surface area (Å²) >= 11 is 0. The molecular weight excluding hydrogens is 498 g/mol. The molecule has 0 atom stereocenters. The number of nitrogens with one attached hydrogen (secondary N) is 2. The van der Waals surface area contributed by atoms with Gasteiger partial charge in [0.2, 0.25) is 0 Å². The predicted molar refractivity (Wildman–Crippen MR) is 129 cm³/mol. The van der Waals surface area contributed by atoms with E-state index >= 15 is 0 Å². The van der Waals surface area contributed by atoms with Crippen molar-refractivity contribution in [2.45, 2.75) is 50.8 Å². The molecule has 0 unspecified atom stereocenters. The first-order chi connectivity index (χ1) is 14.2. The lowest BCUT2D eigenvalue weighted by Crippen LogP contribution is -2.60. The number of morpholine rings is 1. The Morgan fingerprint density at radius 3 is 2.60 bits per heavy atom. The van der Waals surface area contributed by atoms with Crippen LogP contribution in [0.1, 0.15) is 43.2 Å². The molecule has 0 amide bonds. The molecular formula is C22H36FIN4O2. The van der Waals surface area contributed by atoms with Crippen LogP contribution in [0.25, 0.3) is 0 Å². The Hall–Kier alpha value is -0.970. The van der Waals surface area contributed by atoms with Gasteiger partial charge in [0.15, 0.2) is 5.96 Å². The van der Waals surface area contributed by atoms with Crippen molar-refractivity contribution >= 4 is 29.9 Å². The minimum absolute atomic E-state index is 0. The van der Waals surface area contributed by atoms with Crippen LogP contribution in [0.15, 0.2) is 23.2 Å². The largest absolute Gasteiger partial charge is 0.380 e. The molecule has 6 nitrogen and oxygen atoms in total. The number of hydrogen-bond acceptors (Lipinski definition) is 4. The second-order valence-electron chi connectivity index (χ2n) is 8.02. The van der Waals surface area contributed by atoms with Crippen molar-refractivity contribution in [1.29, 1.82) is 0 Å². The Morgan fingerprint density at radius 1 is 1.20 bits per heavy atom. The maximum Gasteiger partial charge on any atom is 0.191 e. The maximum atomic E-state index is 13.8. The molecule has 1 saturated heterocycles. The first-order valence-corrected chi connectivity index (χ1v) is 10.7. The number of halogens is 2. The molecule has 170 valence electrons. The number of aliphatic imine (C=N–C) groups is 1. The van der Waals surface area contributed by atoms with E-state index in [1.54, 1.807) is 20.2 Å². The summed E-state index contributed by atoms with van der Waals surface area (Å²) in [6, 6.07) is 5.14. The zero-order chi connectivity index (χ0) is 20.5. The van der Waals surface area contributed by atoms with Crippen molar-refractivity contribution in [1.82, 2.24) is 15.5 Å². The summed E-state index contributed by atoms with van der Waals surface area (Å²) in [5.41, 5.74) is 1.76. The van der Waals surface area contributed by atoms with Crippen molar-refractivity contribution in [2.24, 2.45) is 4.99 Å². The molecule has 8 heteroatoms. The molecule has 1 saturated carbocycles. The third kappa shape index (κ3) is 6.77. The number of rotatable bonds is 7. The minimum Gasteiger partial charge on any atom is -0.380 e. The molecule has 1 aliphatic heterocycles. The van der Waals surface area contributed by atoms with E-state index in [1.165, 1.54) is 38.2 Å². The maximum absolute atomic E-state index is 13.8. The average Bonchev–Trinajstić information content (AvgIpc) is 2.77. The van der Waals surface area contributed by atoms with Gasteiger partial charge in [-0.25, -0.2) is 4.39 Å². The highest BCUT2D eigenvalue weighted by atomic mass is 127. The number of guanidine groups is 1.